The summed E-state index contributed by atoms with van der Waals surface area (Å²) >= 11 is 1.28. The number of anilines is 1. The van der Waals surface area contributed by atoms with Gasteiger partial charge in [-0.2, -0.15) is 0 Å². The molecule has 0 aliphatic heterocycles. The molecule has 0 aromatic heterocycles. The Kier molecular flexibility index (Phi) is 9.24. The summed E-state index contributed by atoms with van der Waals surface area (Å²) in [6.45, 7) is 2.38. The summed E-state index contributed by atoms with van der Waals surface area (Å²) in [5.41, 5.74) is 6.26. The lowest BCUT2D eigenvalue weighted by atomic mass is 10.0. The number of hydrogen-bond donors (Lipinski definition) is 3. The minimum absolute atomic E-state index is 0. The van der Waals surface area contributed by atoms with Crippen LogP contribution in [0.4, 0.5) is 10.1 Å². The summed E-state index contributed by atoms with van der Waals surface area (Å²) in [6, 6.07) is 5.73. The molecule has 1 aliphatic rings. The van der Waals surface area contributed by atoms with E-state index >= 15 is 0 Å². The molecule has 2 rings (SSSR count). The SMILES string of the molecule is CC(SCC(=O)Nc1ccc(F)cc1)C(=O)NC1CCCC1CN.Cl. The molecule has 0 saturated heterocycles. The molecule has 3 unspecified atom stereocenters. The largest absolute Gasteiger partial charge is 0.352 e. The lowest BCUT2D eigenvalue weighted by molar-refractivity contribution is -0.121. The molecule has 1 aliphatic carbocycles. The van der Waals surface area contributed by atoms with Crippen LogP contribution in [0, 0.1) is 11.7 Å². The van der Waals surface area contributed by atoms with Crippen molar-refractivity contribution in [2.45, 2.75) is 37.5 Å². The average molecular weight is 390 g/mol. The standard InChI is InChI=1S/C17H24FN3O2S.ClH/c1-11(17(23)21-15-4-2-3-12(15)9-19)24-10-16(22)20-14-7-5-13(18)6-8-14;/h5-8,11-12,15H,2-4,9-10,19H2,1H3,(H,20,22)(H,21,23);1H. The van der Waals surface area contributed by atoms with E-state index in [1.165, 1.54) is 36.0 Å². The van der Waals surface area contributed by atoms with Crippen LogP contribution in [0.1, 0.15) is 26.2 Å². The lowest BCUT2D eigenvalue weighted by Gasteiger charge is -2.21. The van der Waals surface area contributed by atoms with Gasteiger partial charge in [0, 0.05) is 11.7 Å². The predicted octanol–water partition coefficient (Wildman–Crippen LogP) is 2.55. The van der Waals surface area contributed by atoms with Crippen molar-refractivity contribution in [3.05, 3.63) is 30.1 Å². The van der Waals surface area contributed by atoms with Gasteiger partial charge < -0.3 is 16.4 Å². The Bertz CT molecular complexity index is 574. The summed E-state index contributed by atoms with van der Waals surface area (Å²) < 4.78 is 12.8. The number of benzene rings is 1. The molecule has 0 radical (unpaired) electrons. The van der Waals surface area contributed by atoms with Crippen molar-refractivity contribution in [2.75, 3.05) is 17.6 Å². The number of hydrogen-bond acceptors (Lipinski definition) is 4. The average Bonchev–Trinajstić information content (AvgIpc) is 3.01. The summed E-state index contributed by atoms with van der Waals surface area (Å²) in [7, 11) is 0. The van der Waals surface area contributed by atoms with Gasteiger partial charge in [-0.25, -0.2) is 4.39 Å². The van der Waals surface area contributed by atoms with E-state index in [1.807, 2.05) is 0 Å². The first-order valence-electron chi connectivity index (χ1n) is 8.17. The maximum absolute atomic E-state index is 12.8. The number of nitrogens with two attached hydrogens (primary N) is 1. The third kappa shape index (κ3) is 6.84. The Morgan fingerprint density at radius 1 is 1.32 bits per heavy atom. The molecule has 140 valence electrons. The van der Waals surface area contributed by atoms with E-state index in [0.717, 1.165) is 19.3 Å². The Morgan fingerprint density at radius 2 is 2.00 bits per heavy atom. The second kappa shape index (κ2) is 10.6. The molecule has 1 fully saturated rings. The quantitative estimate of drug-likeness (QED) is 0.669. The Hall–Kier alpha value is -1.31. The molecule has 0 bridgehead atoms. The summed E-state index contributed by atoms with van der Waals surface area (Å²) in [4.78, 5) is 24.1. The fourth-order valence-electron chi connectivity index (χ4n) is 2.82. The third-order valence-electron chi connectivity index (χ3n) is 4.25. The van der Waals surface area contributed by atoms with E-state index in [-0.39, 0.29) is 47.1 Å². The molecule has 4 N–H and O–H groups in total. The summed E-state index contributed by atoms with van der Waals surface area (Å²) in [5.74, 6) is -0.105. The molecule has 1 aromatic rings. The number of carbonyl (C=O) groups excluding carboxylic acids is 2. The first kappa shape index (κ1) is 21.7. The van der Waals surface area contributed by atoms with Crippen molar-refractivity contribution >= 4 is 41.7 Å². The number of thioether (sulfide) groups is 1. The molecule has 1 aromatic carbocycles. The van der Waals surface area contributed by atoms with Crippen LogP contribution in [0.3, 0.4) is 0 Å². The molecular weight excluding hydrogens is 365 g/mol. The van der Waals surface area contributed by atoms with Crippen molar-refractivity contribution in [3.8, 4) is 0 Å². The van der Waals surface area contributed by atoms with E-state index in [0.29, 0.717) is 18.2 Å². The highest BCUT2D eigenvalue weighted by molar-refractivity contribution is 8.01. The van der Waals surface area contributed by atoms with Gasteiger partial charge in [-0.3, -0.25) is 9.59 Å². The van der Waals surface area contributed by atoms with Crippen LogP contribution >= 0.6 is 24.2 Å². The van der Waals surface area contributed by atoms with Crippen molar-refractivity contribution in [2.24, 2.45) is 11.7 Å². The smallest absolute Gasteiger partial charge is 0.234 e. The minimum atomic E-state index is -0.352. The summed E-state index contributed by atoms with van der Waals surface area (Å²) in [5, 5.41) is 5.41. The Morgan fingerprint density at radius 3 is 2.64 bits per heavy atom. The third-order valence-corrected chi connectivity index (χ3v) is 5.39. The van der Waals surface area contributed by atoms with E-state index in [2.05, 4.69) is 10.6 Å². The van der Waals surface area contributed by atoms with Gasteiger partial charge in [0.25, 0.3) is 0 Å². The Labute approximate surface area is 158 Å². The van der Waals surface area contributed by atoms with Gasteiger partial charge in [0.15, 0.2) is 0 Å². The normalized spacial score (nSPS) is 20.4. The van der Waals surface area contributed by atoms with Crippen LogP contribution < -0.4 is 16.4 Å². The number of carbonyl (C=O) groups is 2. The van der Waals surface area contributed by atoms with Crippen LogP contribution in [0.2, 0.25) is 0 Å². The van der Waals surface area contributed by atoms with Crippen molar-refractivity contribution in [3.63, 3.8) is 0 Å². The second-order valence-corrected chi connectivity index (χ2v) is 7.38. The number of rotatable bonds is 7. The molecule has 1 saturated carbocycles. The monoisotopic (exact) mass is 389 g/mol. The van der Waals surface area contributed by atoms with E-state index < -0.39 is 0 Å². The van der Waals surface area contributed by atoms with Crippen LogP contribution in [-0.2, 0) is 9.59 Å². The maximum atomic E-state index is 12.8. The minimum Gasteiger partial charge on any atom is -0.352 e. The molecule has 5 nitrogen and oxygen atoms in total. The lowest BCUT2D eigenvalue weighted by Crippen LogP contribution is -2.43. The van der Waals surface area contributed by atoms with Gasteiger partial charge in [0.1, 0.15) is 5.82 Å². The molecule has 3 atom stereocenters. The molecule has 0 spiro atoms. The van der Waals surface area contributed by atoms with Crippen LogP contribution in [-0.4, -0.2) is 35.4 Å². The molecular formula is C17H25ClFN3O2S. The highest BCUT2D eigenvalue weighted by Crippen LogP contribution is 2.25. The van der Waals surface area contributed by atoms with Crippen LogP contribution in [0.25, 0.3) is 0 Å². The molecule has 2 amide bonds. The molecule has 25 heavy (non-hydrogen) atoms. The first-order valence-corrected chi connectivity index (χ1v) is 9.22. The topological polar surface area (TPSA) is 84.2 Å². The van der Waals surface area contributed by atoms with Gasteiger partial charge in [0.2, 0.25) is 11.8 Å². The summed E-state index contributed by atoms with van der Waals surface area (Å²) in [6.07, 6.45) is 3.12. The van der Waals surface area contributed by atoms with E-state index in [9.17, 15) is 14.0 Å². The van der Waals surface area contributed by atoms with Gasteiger partial charge >= 0.3 is 0 Å². The van der Waals surface area contributed by atoms with Crippen molar-refractivity contribution in [1.29, 1.82) is 0 Å². The number of halogens is 2. The van der Waals surface area contributed by atoms with Gasteiger partial charge in [-0.1, -0.05) is 6.42 Å². The number of amides is 2. The Balaban J connectivity index is 0.00000312. The number of nitrogens with one attached hydrogen (secondary N) is 2. The van der Waals surface area contributed by atoms with E-state index in [1.54, 1.807) is 6.92 Å². The zero-order valence-corrected chi connectivity index (χ0v) is 15.8. The fourth-order valence-corrected chi connectivity index (χ4v) is 3.51. The van der Waals surface area contributed by atoms with Crippen molar-refractivity contribution < 1.29 is 14.0 Å². The zero-order chi connectivity index (χ0) is 17.5. The predicted molar refractivity (Wildman–Crippen MR) is 103 cm³/mol. The van der Waals surface area contributed by atoms with Crippen molar-refractivity contribution in [1.82, 2.24) is 5.32 Å². The molecule has 0 heterocycles. The van der Waals surface area contributed by atoms with Gasteiger partial charge in [-0.05, 0) is 56.5 Å². The van der Waals surface area contributed by atoms with Crippen LogP contribution in [0.5, 0.6) is 0 Å². The van der Waals surface area contributed by atoms with Gasteiger partial charge in [-0.15, -0.1) is 24.2 Å². The van der Waals surface area contributed by atoms with E-state index in [4.69, 9.17) is 5.73 Å². The highest BCUT2D eigenvalue weighted by atomic mass is 35.5. The molecule has 8 heteroatoms. The zero-order valence-electron chi connectivity index (χ0n) is 14.2. The first-order chi connectivity index (χ1) is 11.5. The van der Waals surface area contributed by atoms with Gasteiger partial charge in [0.05, 0.1) is 11.0 Å². The maximum Gasteiger partial charge on any atom is 0.234 e. The van der Waals surface area contributed by atoms with Crippen LogP contribution in [0.15, 0.2) is 24.3 Å². The fraction of sp³-hybridized carbons (Fsp3) is 0.529. The highest BCUT2D eigenvalue weighted by Gasteiger charge is 2.28. The second-order valence-electron chi connectivity index (χ2n) is 6.05.